The number of hydrogen-bond donors (Lipinski definition) is 1. The van der Waals surface area contributed by atoms with E-state index in [-0.39, 0.29) is 17.1 Å². The molecule has 0 amide bonds. The first-order valence-corrected chi connectivity index (χ1v) is 6.80. The Labute approximate surface area is 130 Å². The van der Waals surface area contributed by atoms with Crippen LogP contribution in [-0.4, -0.2) is 28.2 Å². The summed E-state index contributed by atoms with van der Waals surface area (Å²) in [4.78, 5) is 30.7. The molecule has 0 bridgehead atoms. The number of methoxy groups -OCH3 is 1. The zero-order valence-corrected chi connectivity index (χ0v) is 12.5. The average molecular weight is 311 g/mol. The molecule has 3 aromatic rings. The lowest BCUT2D eigenvalue weighted by Gasteiger charge is -2.00. The fourth-order valence-corrected chi connectivity index (χ4v) is 2.09. The number of esters is 1. The second-order valence-corrected chi connectivity index (χ2v) is 4.89. The first-order valence-electron chi connectivity index (χ1n) is 6.80. The minimum absolute atomic E-state index is 0.115. The van der Waals surface area contributed by atoms with Gasteiger partial charge in [-0.05, 0) is 19.1 Å². The maximum Gasteiger partial charge on any atom is 0.337 e. The Hall–Kier alpha value is -3.22. The lowest BCUT2D eigenvalue weighted by molar-refractivity contribution is 0.0601. The van der Waals surface area contributed by atoms with Gasteiger partial charge in [0.25, 0.3) is 5.89 Å². The van der Waals surface area contributed by atoms with Crippen LogP contribution in [0.4, 0.5) is 0 Å². The summed E-state index contributed by atoms with van der Waals surface area (Å²) in [6, 6.07) is 8.11. The summed E-state index contributed by atoms with van der Waals surface area (Å²) in [7, 11) is 1.31. The van der Waals surface area contributed by atoms with Crippen LogP contribution in [-0.2, 0) is 4.74 Å². The van der Waals surface area contributed by atoms with Gasteiger partial charge in [0.05, 0.1) is 12.7 Å². The zero-order chi connectivity index (χ0) is 16.4. The quantitative estimate of drug-likeness (QED) is 0.744. The predicted octanol–water partition coefficient (Wildman–Crippen LogP) is 2.19. The number of carbonyl (C=O) groups excluding carboxylic acids is 1. The van der Waals surface area contributed by atoms with Crippen molar-refractivity contribution in [2.45, 2.75) is 6.92 Å². The molecule has 3 rings (SSSR count). The van der Waals surface area contributed by atoms with Gasteiger partial charge >= 0.3 is 5.97 Å². The fraction of sp³-hybridized carbons (Fsp3) is 0.125. The van der Waals surface area contributed by atoms with Crippen LogP contribution < -0.4 is 5.43 Å². The van der Waals surface area contributed by atoms with Gasteiger partial charge in [0, 0.05) is 23.5 Å². The van der Waals surface area contributed by atoms with Gasteiger partial charge in [-0.1, -0.05) is 17.3 Å². The van der Waals surface area contributed by atoms with Gasteiger partial charge in [-0.25, -0.2) is 4.79 Å². The van der Waals surface area contributed by atoms with Gasteiger partial charge in [-0.3, -0.25) is 4.79 Å². The first-order chi connectivity index (χ1) is 11.1. The van der Waals surface area contributed by atoms with Crippen molar-refractivity contribution >= 4 is 5.97 Å². The van der Waals surface area contributed by atoms with E-state index >= 15 is 0 Å². The van der Waals surface area contributed by atoms with E-state index in [9.17, 15) is 9.59 Å². The maximum absolute atomic E-state index is 12.0. The molecule has 0 aliphatic heterocycles. The van der Waals surface area contributed by atoms with E-state index in [2.05, 4.69) is 19.9 Å². The Morgan fingerprint density at radius 3 is 2.87 bits per heavy atom. The molecule has 0 saturated carbocycles. The van der Waals surface area contributed by atoms with Crippen LogP contribution in [0, 0.1) is 6.92 Å². The molecule has 23 heavy (non-hydrogen) atoms. The van der Waals surface area contributed by atoms with Crippen LogP contribution in [0.15, 0.2) is 45.8 Å². The minimum atomic E-state index is -0.453. The second kappa shape index (κ2) is 5.88. The summed E-state index contributed by atoms with van der Waals surface area (Å²) in [6.45, 7) is 1.78. The van der Waals surface area contributed by atoms with E-state index in [4.69, 9.17) is 4.52 Å². The third-order valence-corrected chi connectivity index (χ3v) is 3.26. The molecule has 0 spiro atoms. The van der Waals surface area contributed by atoms with Gasteiger partial charge in [-0.2, -0.15) is 4.98 Å². The number of aryl methyl sites for hydroxylation is 1. The van der Waals surface area contributed by atoms with Gasteiger partial charge in [0.2, 0.25) is 5.82 Å². The van der Waals surface area contributed by atoms with E-state index in [1.807, 2.05) is 0 Å². The Balaban J connectivity index is 1.99. The summed E-state index contributed by atoms with van der Waals surface area (Å²) in [5, 5.41) is 3.86. The molecule has 0 unspecified atom stereocenters. The lowest BCUT2D eigenvalue weighted by Crippen LogP contribution is -2.05. The molecule has 0 saturated heterocycles. The number of nitrogens with zero attached hydrogens (tertiary/aromatic N) is 2. The Bertz CT molecular complexity index is 927. The molecule has 0 aliphatic carbocycles. The second-order valence-electron chi connectivity index (χ2n) is 4.89. The Kier molecular flexibility index (Phi) is 3.76. The van der Waals surface area contributed by atoms with Crippen LogP contribution in [0.5, 0.6) is 0 Å². The van der Waals surface area contributed by atoms with Gasteiger partial charge in [0.1, 0.15) is 5.56 Å². The Morgan fingerprint density at radius 2 is 2.13 bits per heavy atom. The van der Waals surface area contributed by atoms with E-state index in [1.54, 1.807) is 31.2 Å². The molecule has 0 fully saturated rings. The highest BCUT2D eigenvalue weighted by Crippen LogP contribution is 2.21. The van der Waals surface area contributed by atoms with Crippen molar-refractivity contribution in [1.29, 1.82) is 0 Å². The smallest absolute Gasteiger partial charge is 0.337 e. The van der Waals surface area contributed by atoms with Crippen molar-refractivity contribution in [2.24, 2.45) is 0 Å². The van der Waals surface area contributed by atoms with E-state index in [0.29, 0.717) is 16.7 Å². The number of rotatable bonds is 3. The van der Waals surface area contributed by atoms with Crippen molar-refractivity contribution in [3.63, 3.8) is 0 Å². The van der Waals surface area contributed by atoms with Crippen molar-refractivity contribution in [3.8, 4) is 22.8 Å². The van der Waals surface area contributed by atoms with Crippen LogP contribution in [0.2, 0.25) is 0 Å². The molecular weight excluding hydrogens is 298 g/mol. The molecule has 2 aromatic heterocycles. The number of benzene rings is 1. The summed E-state index contributed by atoms with van der Waals surface area (Å²) in [6.07, 6.45) is 1.53. The van der Waals surface area contributed by atoms with E-state index < -0.39 is 5.97 Å². The Morgan fingerprint density at radius 1 is 1.30 bits per heavy atom. The first kappa shape index (κ1) is 14.7. The number of nitrogens with one attached hydrogen (secondary N) is 1. The number of carbonyl (C=O) groups is 1. The number of aromatic amines is 1. The largest absolute Gasteiger partial charge is 0.465 e. The number of H-pyrrole nitrogens is 1. The highest BCUT2D eigenvalue weighted by atomic mass is 16.5. The number of aromatic nitrogens is 3. The number of hydrogen-bond acceptors (Lipinski definition) is 6. The molecular formula is C16H13N3O4. The molecule has 0 aliphatic rings. The predicted molar refractivity (Wildman–Crippen MR) is 81.9 cm³/mol. The number of pyridine rings is 1. The molecule has 1 N–H and O–H groups in total. The van der Waals surface area contributed by atoms with Crippen molar-refractivity contribution in [2.75, 3.05) is 7.11 Å². The van der Waals surface area contributed by atoms with E-state index in [1.165, 1.54) is 19.4 Å². The molecule has 0 atom stereocenters. The highest BCUT2D eigenvalue weighted by molar-refractivity contribution is 5.90. The fourth-order valence-electron chi connectivity index (χ4n) is 2.09. The summed E-state index contributed by atoms with van der Waals surface area (Å²) >= 11 is 0. The average Bonchev–Trinajstić information content (AvgIpc) is 3.04. The third-order valence-electron chi connectivity index (χ3n) is 3.26. The normalized spacial score (nSPS) is 10.5. The minimum Gasteiger partial charge on any atom is -0.465 e. The van der Waals surface area contributed by atoms with Crippen LogP contribution in [0.25, 0.3) is 22.8 Å². The summed E-state index contributed by atoms with van der Waals surface area (Å²) < 4.78 is 9.84. The highest BCUT2D eigenvalue weighted by Gasteiger charge is 2.15. The van der Waals surface area contributed by atoms with Crippen molar-refractivity contribution < 1.29 is 14.1 Å². The molecule has 0 radical (unpaired) electrons. The van der Waals surface area contributed by atoms with Crippen LogP contribution >= 0.6 is 0 Å². The molecule has 7 nitrogen and oxygen atoms in total. The third kappa shape index (κ3) is 2.89. The molecule has 2 heterocycles. The molecule has 116 valence electrons. The summed E-state index contributed by atoms with van der Waals surface area (Å²) in [5.41, 5.74) is 1.79. The molecule has 1 aromatic carbocycles. The topological polar surface area (TPSA) is 98.1 Å². The zero-order valence-electron chi connectivity index (χ0n) is 12.5. The van der Waals surface area contributed by atoms with Gasteiger partial charge < -0.3 is 14.2 Å². The van der Waals surface area contributed by atoms with Gasteiger partial charge in [0.15, 0.2) is 5.43 Å². The summed E-state index contributed by atoms with van der Waals surface area (Å²) in [5.74, 6) is -0.0546. The molecule has 7 heteroatoms. The van der Waals surface area contributed by atoms with Crippen molar-refractivity contribution in [1.82, 2.24) is 15.1 Å². The van der Waals surface area contributed by atoms with Gasteiger partial charge in [-0.15, -0.1) is 0 Å². The SMILES string of the molecule is COC(=O)c1cccc(-c2noc(-c3c[nH]c(C)cc3=O)n2)c1. The van der Waals surface area contributed by atoms with Crippen LogP contribution in [0.1, 0.15) is 16.1 Å². The maximum atomic E-state index is 12.0. The lowest BCUT2D eigenvalue weighted by atomic mass is 10.1. The van der Waals surface area contributed by atoms with Crippen LogP contribution in [0.3, 0.4) is 0 Å². The number of ether oxygens (including phenoxy) is 1. The monoisotopic (exact) mass is 311 g/mol. The van der Waals surface area contributed by atoms with Crippen molar-refractivity contribution in [3.05, 3.63) is 58.0 Å². The van der Waals surface area contributed by atoms with E-state index in [0.717, 1.165) is 5.69 Å². The standard InChI is InChI=1S/C16H13N3O4/c1-9-6-13(20)12(8-17-9)15-18-14(19-23-15)10-4-3-5-11(7-10)16(21)22-2/h3-8H,1-2H3,(H,17,20).